The van der Waals surface area contributed by atoms with E-state index in [1.807, 2.05) is 0 Å². The van der Waals surface area contributed by atoms with Crippen LogP contribution in [0, 0.1) is 0 Å². The van der Waals surface area contributed by atoms with E-state index in [1.54, 1.807) is 12.1 Å². The summed E-state index contributed by atoms with van der Waals surface area (Å²) in [4.78, 5) is 11.5. The standard InChI is InChI=1S/C11H15N3O3S/c15-10(9-4-2-6-17-9)13-14-11(18)12-7-8-3-1-5-16-8/h2,4,6,8H,1,3,5,7H2,(H,13,15)(H2,12,14,18)/t8-/m0/s1. The monoisotopic (exact) mass is 269 g/mol. The average molecular weight is 269 g/mol. The molecule has 0 bridgehead atoms. The van der Waals surface area contributed by atoms with Gasteiger partial charge in [-0.05, 0) is 37.2 Å². The highest BCUT2D eigenvalue weighted by molar-refractivity contribution is 7.80. The number of furan rings is 1. The van der Waals surface area contributed by atoms with Crippen molar-refractivity contribution in [1.82, 2.24) is 16.2 Å². The molecule has 0 saturated carbocycles. The van der Waals surface area contributed by atoms with Gasteiger partial charge in [0.15, 0.2) is 10.9 Å². The second kappa shape index (κ2) is 6.36. The van der Waals surface area contributed by atoms with Gasteiger partial charge in [0.25, 0.3) is 0 Å². The summed E-state index contributed by atoms with van der Waals surface area (Å²) in [5, 5.41) is 3.33. The minimum absolute atomic E-state index is 0.200. The van der Waals surface area contributed by atoms with Gasteiger partial charge < -0.3 is 14.5 Å². The van der Waals surface area contributed by atoms with Crippen LogP contribution in [-0.2, 0) is 4.74 Å². The fourth-order valence-electron chi connectivity index (χ4n) is 1.64. The normalized spacial score (nSPS) is 18.3. The van der Waals surface area contributed by atoms with Crippen molar-refractivity contribution in [2.45, 2.75) is 18.9 Å². The molecule has 2 rings (SSSR count). The summed E-state index contributed by atoms with van der Waals surface area (Å²) in [6.07, 6.45) is 3.75. The molecule has 1 saturated heterocycles. The number of carbonyl (C=O) groups excluding carboxylic acids is 1. The fraction of sp³-hybridized carbons (Fsp3) is 0.455. The van der Waals surface area contributed by atoms with Crippen LogP contribution in [0.1, 0.15) is 23.4 Å². The summed E-state index contributed by atoms with van der Waals surface area (Å²) in [5.74, 6) is -0.148. The van der Waals surface area contributed by atoms with Gasteiger partial charge in [-0.1, -0.05) is 0 Å². The molecule has 1 aromatic heterocycles. The third-order valence-corrected chi connectivity index (χ3v) is 2.80. The fourth-order valence-corrected chi connectivity index (χ4v) is 1.77. The Morgan fingerprint density at radius 1 is 1.50 bits per heavy atom. The van der Waals surface area contributed by atoms with Crippen molar-refractivity contribution in [2.75, 3.05) is 13.2 Å². The molecule has 2 heterocycles. The number of carbonyl (C=O) groups is 1. The first-order chi connectivity index (χ1) is 8.75. The number of hydrogen-bond donors (Lipinski definition) is 3. The Morgan fingerprint density at radius 2 is 2.39 bits per heavy atom. The zero-order valence-electron chi connectivity index (χ0n) is 9.77. The maximum Gasteiger partial charge on any atom is 0.305 e. The van der Waals surface area contributed by atoms with Gasteiger partial charge in [-0.3, -0.25) is 15.6 Å². The highest BCUT2D eigenvalue weighted by atomic mass is 32.1. The maximum absolute atomic E-state index is 11.5. The van der Waals surface area contributed by atoms with E-state index in [4.69, 9.17) is 21.4 Å². The molecule has 6 nitrogen and oxygen atoms in total. The predicted molar refractivity (Wildman–Crippen MR) is 68.9 cm³/mol. The van der Waals surface area contributed by atoms with E-state index in [0.29, 0.717) is 11.7 Å². The average Bonchev–Trinajstić information content (AvgIpc) is 3.05. The van der Waals surface area contributed by atoms with Gasteiger partial charge in [0.05, 0.1) is 12.4 Å². The van der Waals surface area contributed by atoms with Crippen molar-refractivity contribution in [3.63, 3.8) is 0 Å². The molecule has 7 heteroatoms. The molecule has 1 aliphatic rings. The number of thiocarbonyl (C=S) groups is 1. The quantitative estimate of drug-likeness (QED) is 0.550. The van der Waals surface area contributed by atoms with Gasteiger partial charge in [-0.2, -0.15) is 0 Å². The van der Waals surface area contributed by atoms with Gasteiger partial charge in [0.1, 0.15) is 0 Å². The first-order valence-corrected chi connectivity index (χ1v) is 6.16. The van der Waals surface area contributed by atoms with Crippen LogP contribution in [0.2, 0.25) is 0 Å². The Morgan fingerprint density at radius 3 is 3.06 bits per heavy atom. The number of hydrogen-bond acceptors (Lipinski definition) is 4. The zero-order valence-corrected chi connectivity index (χ0v) is 10.6. The first-order valence-electron chi connectivity index (χ1n) is 5.75. The van der Waals surface area contributed by atoms with Crippen molar-refractivity contribution < 1.29 is 13.9 Å². The lowest BCUT2D eigenvalue weighted by molar-refractivity contribution is 0.0915. The van der Waals surface area contributed by atoms with Crippen molar-refractivity contribution >= 4 is 23.2 Å². The van der Waals surface area contributed by atoms with Crippen LogP contribution in [-0.4, -0.2) is 30.3 Å². The van der Waals surface area contributed by atoms with Crippen LogP contribution in [0.3, 0.4) is 0 Å². The molecule has 1 atom stereocenters. The smallest absolute Gasteiger partial charge is 0.305 e. The molecule has 1 aliphatic heterocycles. The second-order valence-electron chi connectivity index (χ2n) is 3.90. The van der Waals surface area contributed by atoms with E-state index in [2.05, 4.69) is 16.2 Å². The summed E-state index contributed by atoms with van der Waals surface area (Å²) in [6.45, 7) is 1.45. The molecular weight excluding hydrogens is 254 g/mol. The SMILES string of the molecule is O=C(NNC(=S)NC[C@@H]1CCCO1)c1ccco1. The minimum atomic E-state index is -0.374. The number of nitrogens with one attached hydrogen (secondary N) is 3. The van der Waals surface area contributed by atoms with Crippen LogP contribution in [0.15, 0.2) is 22.8 Å². The van der Waals surface area contributed by atoms with E-state index < -0.39 is 0 Å². The molecule has 1 fully saturated rings. The highest BCUT2D eigenvalue weighted by Crippen LogP contribution is 2.10. The summed E-state index contributed by atoms with van der Waals surface area (Å²) >= 11 is 5.01. The van der Waals surface area contributed by atoms with E-state index in [-0.39, 0.29) is 17.8 Å². The maximum atomic E-state index is 11.5. The van der Waals surface area contributed by atoms with Crippen LogP contribution in [0.4, 0.5) is 0 Å². The number of rotatable bonds is 3. The molecule has 1 aromatic rings. The van der Waals surface area contributed by atoms with Crippen LogP contribution < -0.4 is 16.2 Å². The lowest BCUT2D eigenvalue weighted by Gasteiger charge is -2.13. The van der Waals surface area contributed by atoms with E-state index in [1.165, 1.54) is 6.26 Å². The molecule has 0 spiro atoms. The van der Waals surface area contributed by atoms with Gasteiger partial charge in [0.2, 0.25) is 0 Å². The molecular formula is C11H15N3O3S. The Balaban J connectivity index is 1.63. The summed E-state index contributed by atoms with van der Waals surface area (Å²) < 4.78 is 10.4. The third kappa shape index (κ3) is 3.71. The largest absolute Gasteiger partial charge is 0.459 e. The Hall–Kier alpha value is -1.60. The molecule has 0 radical (unpaired) electrons. The number of amides is 1. The molecule has 0 aliphatic carbocycles. The van der Waals surface area contributed by atoms with Crippen molar-refractivity contribution in [3.05, 3.63) is 24.2 Å². The number of hydrazine groups is 1. The van der Waals surface area contributed by atoms with E-state index in [0.717, 1.165) is 19.4 Å². The summed E-state index contributed by atoms with van der Waals surface area (Å²) in [6, 6.07) is 3.21. The molecule has 0 unspecified atom stereocenters. The zero-order chi connectivity index (χ0) is 12.8. The lowest BCUT2D eigenvalue weighted by Crippen LogP contribution is -2.48. The van der Waals surface area contributed by atoms with E-state index >= 15 is 0 Å². The molecule has 3 N–H and O–H groups in total. The predicted octanol–water partition coefficient (Wildman–Crippen LogP) is 0.567. The molecule has 1 amide bonds. The van der Waals surface area contributed by atoms with Crippen LogP contribution in [0.25, 0.3) is 0 Å². The van der Waals surface area contributed by atoms with Gasteiger partial charge >= 0.3 is 5.91 Å². The third-order valence-electron chi connectivity index (χ3n) is 2.55. The Labute approximate surface area is 110 Å². The van der Waals surface area contributed by atoms with Gasteiger partial charge in [-0.25, -0.2) is 0 Å². The van der Waals surface area contributed by atoms with Crippen LogP contribution in [0.5, 0.6) is 0 Å². The summed E-state index contributed by atoms with van der Waals surface area (Å²) in [7, 11) is 0. The van der Waals surface area contributed by atoms with Gasteiger partial charge in [-0.15, -0.1) is 0 Å². The topological polar surface area (TPSA) is 75.5 Å². The molecule has 98 valence electrons. The van der Waals surface area contributed by atoms with Gasteiger partial charge in [0, 0.05) is 13.2 Å². The highest BCUT2D eigenvalue weighted by Gasteiger charge is 2.15. The Bertz CT molecular complexity index is 402. The Kier molecular flexibility index (Phi) is 4.54. The molecule has 0 aromatic carbocycles. The summed E-state index contributed by atoms with van der Waals surface area (Å²) in [5.41, 5.74) is 5.03. The lowest BCUT2D eigenvalue weighted by atomic mass is 10.2. The first kappa shape index (κ1) is 12.8. The van der Waals surface area contributed by atoms with Crippen molar-refractivity contribution in [1.29, 1.82) is 0 Å². The number of ether oxygens (including phenoxy) is 1. The van der Waals surface area contributed by atoms with Crippen molar-refractivity contribution in [3.8, 4) is 0 Å². The van der Waals surface area contributed by atoms with Crippen LogP contribution >= 0.6 is 12.2 Å². The van der Waals surface area contributed by atoms with Crippen molar-refractivity contribution in [2.24, 2.45) is 0 Å². The minimum Gasteiger partial charge on any atom is -0.459 e. The van der Waals surface area contributed by atoms with E-state index in [9.17, 15) is 4.79 Å². The second-order valence-corrected chi connectivity index (χ2v) is 4.31. The molecule has 18 heavy (non-hydrogen) atoms.